The average molecular weight is 212 g/mol. The fourth-order valence-corrected chi connectivity index (χ4v) is 3.29. The number of piperidine rings is 1. The first kappa shape index (κ1) is 10.4. The Kier molecular flexibility index (Phi) is 3.39. The molecule has 1 heterocycles. The van der Waals surface area contributed by atoms with Gasteiger partial charge in [0, 0.05) is 12.6 Å². The van der Waals surface area contributed by atoms with Crippen LogP contribution in [0.25, 0.3) is 0 Å². The molecule has 2 rings (SSSR count). The van der Waals surface area contributed by atoms with Crippen LogP contribution < -0.4 is 5.73 Å². The molecule has 2 fully saturated rings. The molecule has 0 spiro atoms. The lowest BCUT2D eigenvalue weighted by Crippen LogP contribution is -2.49. The quantitative estimate of drug-likeness (QED) is 0.709. The Labute approximate surface area is 91.8 Å². The average Bonchev–Trinajstić information content (AvgIpc) is 2.18. The highest BCUT2D eigenvalue weighted by Gasteiger charge is 2.32. The zero-order valence-electron chi connectivity index (χ0n) is 8.74. The van der Waals surface area contributed by atoms with Crippen molar-refractivity contribution in [3.8, 4) is 0 Å². The van der Waals surface area contributed by atoms with Gasteiger partial charge in [-0.15, -0.1) is 0 Å². The van der Waals surface area contributed by atoms with Gasteiger partial charge in [-0.25, -0.2) is 0 Å². The first-order valence-electron chi connectivity index (χ1n) is 5.80. The number of rotatable bonds is 2. The van der Waals surface area contributed by atoms with E-state index in [-0.39, 0.29) is 0 Å². The second-order valence-corrected chi connectivity index (χ2v) is 5.22. The number of hydrogen-bond donors (Lipinski definition) is 1. The van der Waals surface area contributed by atoms with E-state index in [1.165, 1.54) is 45.1 Å². The summed E-state index contributed by atoms with van der Waals surface area (Å²) in [5, 5.41) is 0. The fourth-order valence-electron chi connectivity index (χ4n) is 3.12. The third-order valence-corrected chi connectivity index (χ3v) is 3.85. The maximum Gasteiger partial charge on any atom is 0.0870 e. The Hall–Kier alpha value is -0.150. The summed E-state index contributed by atoms with van der Waals surface area (Å²) in [6.07, 6.45) is 8.39. The lowest BCUT2D eigenvalue weighted by Gasteiger charge is -2.44. The highest BCUT2D eigenvalue weighted by Crippen LogP contribution is 2.34. The lowest BCUT2D eigenvalue weighted by molar-refractivity contribution is 0.0748. The van der Waals surface area contributed by atoms with Gasteiger partial charge in [-0.1, -0.05) is 25.1 Å². The van der Waals surface area contributed by atoms with E-state index in [1.807, 2.05) is 0 Å². The van der Waals surface area contributed by atoms with Crippen LogP contribution in [0.1, 0.15) is 38.5 Å². The van der Waals surface area contributed by atoms with Crippen molar-refractivity contribution in [1.29, 1.82) is 0 Å². The Morgan fingerprint density at radius 1 is 1.21 bits per heavy atom. The zero-order valence-corrected chi connectivity index (χ0v) is 9.56. The number of thiocarbonyl (C=S) groups is 1. The molecule has 14 heavy (non-hydrogen) atoms. The molecule has 0 amide bonds. The molecule has 0 aromatic heterocycles. The molecule has 2 nitrogen and oxygen atoms in total. The predicted molar refractivity (Wildman–Crippen MR) is 63.3 cm³/mol. The molecule has 1 saturated heterocycles. The normalized spacial score (nSPS) is 33.7. The van der Waals surface area contributed by atoms with Crippen LogP contribution in [-0.4, -0.2) is 29.0 Å². The lowest BCUT2D eigenvalue weighted by atomic mass is 9.78. The van der Waals surface area contributed by atoms with E-state index in [9.17, 15) is 0 Å². The van der Waals surface area contributed by atoms with Crippen molar-refractivity contribution in [3.63, 3.8) is 0 Å². The van der Waals surface area contributed by atoms with Gasteiger partial charge in [0.05, 0.1) is 4.99 Å². The molecular weight excluding hydrogens is 192 g/mol. The molecule has 0 aromatic rings. The van der Waals surface area contributed by atoms with Crippen LogP contribution in [0.4, 0.5) is 0 Å². The van der Waals surface area contributed by atoms with Crippen molar-refractivity contribution in [2.45, 2.75) is 44.6 Å². The van der Waals surface area contributed by atoms with E-state index in [0.29, 0.717) is 4.99 Å². The van der Waals surface area contributed by atoms with Gasteiger partial charge in [-0.2, -0.15) is 0 Å². The number of likely N-dealkylation sites (tertiary alicyclic amines) is 1. The van der Waals surface area contributed by atoms with Crippen LogP contribution in [0.5, 0.6) is 0 Å². The number of nitrogens with zero attached hydrogens (tertiary/aromatic N) is 1. The molecule has 0 radical (unpaired) electrons. The van der Waals surface area contributed by atoms with E-state index < -0.39 is 0 Å². The van der Waals surface area contributed by atoms with E-state index in [2.05, 4.69) is 4.90 Å². The number of nitrogens with two attached hydrogens (primary N) is 1. The standard InChI is InChI=1S/C11H20N2S/c12-11(14)8-13-7-3-5-9-4-1-2-6-10(9)13/h9-10H,1-8H2,(H2,12,14)/t9-,10-/m1/s1. The molecule has 0 unspecified atom stereocenters. The second-order valence-electron chi connectivity index (χ2n) is 4.69. The molecule has 0 aromatic carbocycles. The van der Waals surface area contributed by atoms with Gasteiger partial charge in [0.2, 0.25) is 0 Å². The topological polar surface area (TPSA) is 29.3 Å². The maximum absolute atomic E-state index is 5.63. The minimum absolute atomic E-state index is 0.663. The summed E-state index contributed by atoms with van der Waals surface area (Å²) >= 11 is 5.01. The molecule has 3 heteroatoms. The number of hydrogen-bond acceptors (Lipinski definition) is 2. The Bertz CT molecular complexity index is 215. The van der Waals surface area contributed by atoms with Gasteiger partial charge in [0.15, 0.2) is 0 Å². The minimum Gasteiger partial charge on any atom is -0.392 e. The molecule has 2 atom stereocenters. The van der Waals surface area contributed by atoms with Crippen molar-refractivity contribution in [2.24, 2.45) is 11.7 Å². The van der Waals surface area contributed by atoms with Crippen LogP contribution in [0.2, 0.25) is 0 Å². The fraction of sp³-hybridized carbons (Fsp3) is 0.909. The summed E-state index contributed by atoms with van der Waals surface area (Å²) < 4.78 is 0. The summed E-state index contributed by atoms with van der Waals surface area (Å²) in [6.45, 7) is 2.05. The van der Waals surface area contributed by atoms with Crippen LogP contribution >= 0.6 is 12.2 Å². The zero-order chi connectivity index (χ0) is 9.97. The summed E-state index contributed by atoms with van der Waals surface area (Å²) in [5.41, 5.74) is 5.63. The van der Waals surface area contributed by atoms with E-state index >= 15 is 0 Å². The Morgan fingerprint density at radius 2 is 1.93 bits per heavy atom. The van der Waals surface area contributed by atoms with Crippen molar-refractivity contribution in [3.05, 3.63) is 0 Å². The first-order chi connectivity index (χ1) is 6.77. The summed E-state index contributed by atoms with van der Waals surface area (Å²) in [7, 11) is 0. The highest BCUT2D eigenvalue weighted by molar-refractivity contribution is 7.80. The maximum atomic E-state index is 5.63. The minimum atomic E-state index is 0.663. The van der Waals surface area contributed by atoms with Crippen molar-refractivity contribution in [1.82, 2.24) is 4.90 Å². The third-order valence-electron chi connectivity index (χ3n) is 3.72. The van der Waals surface area contributed by atoms with Gasteiger partial charge < -0.3 is 5.73 Å². The first-order valence-corrected chi connectivity index (χ1v) is 6.20. The van der Waals surface area contributed by atoms with Crippen LogP contribution in [-0.2, 0) is 0 Å². The van der Waals surface area contributed by atoms with Gasteiger partial charge in [-0.05, 0) is 38.1 Å². The molecule has 2 N–H and O–H groups in total. The van der Waals surface area contributed by atoms with Crippen LogP contribution in [0.3, 0.4) is 0 Å². The Balaban J connectivity index is 1.97. The number of fused-ring (bicyclic) bond motifs is 1. The molecule has 1 saturated carbocycles. The predicted octanol–water partition coefficient (Wildman–Crippen LogP) is 1.93. The van der Waals surface area contributed by atoms with Gasteiger partial charge in [0.1, 0.15) is 0 Å². The largest absolute Gasteiger partial charge is 0.392 e. The monoisotopic (exact) mass is 212 g/mol. The van der Waals surface area contributed by atoms with Gasteiger partial charge >= 0.3 is 0 Å². The van der Waals surface area contributed by atoms with E-state index in [4.69, 9.17) is 18.0 Å². The molecule has 1 aliphatic heterocycles. The van der Waals surface area contributed by atoms with Gasteiger partial charge in [0.25, 0.3) is 0 Å². The molecule has 0 bridgehead atoms. The van der Waals surface area contributed by atoms with Crippen molar-refractivity contribution in [2.75, 3.05) is 13.1 Å². The molecule has 1 aliphatic carbocycles. The molecule has 80 valence electrons. The van der Waals surface area contributed by atoms with E-state index in [1.54, 1.807) is 0 Å². The van der Waals surface area contributed by atoms with Crippen LogP contribution in [0, 0.1) is 5.92 Å². The molecule has 2 aliphatic rings. The Morgan fingerprint density at radius 3 is 2.71 bits per heavy atom. The van der Waals surface area contributed by atoms with E-state index in [0.717, 1.165) is 18.5 Å². The summed E-state index contributed by atoms with van der Waals surface area (Å²) in [4.78, 5) is 3.19. The summed E-state index contributed by atoms with van der Waals surface area (Å²) in [5.74, 6) is 0.937. The SMILES string of the molecule is NC(=S)CN1CCC[C@H]2CCCC[C@H]21. The van der Waals surface area contributed by atoms with Crippen molar-refractivity contribution < 1.29 is 0 Å². The molecular formula is C11H20N2S. The van der Waals surface area contributed by atoms with Crippen LogP contribution in [0.15, 0.2) is 0 Å². The van der Waals surface area contributed by atoms with Crippen molar-refractivity contribution >= 4 is 17.2 Å². The van der Waals surface area contributed by atoms with Gasteiger partial charge in [-0.3, -0.25) is 4.90 Å². The third kappa shape index (κ3) is 2.26. The highest BCUT2D eigenvalue weighted by atomic mass is 32.1. The second kappa shape index (κ2) is 4.58. The summed E-state index contributed by atoms with van der Waals surface area (Å²) in [6, 6.07) is 0.791. The smallest absolute Gasteiger partial charge is 0.0870 e.